The van der Waals surface area contributed by atoms with Gasteiger partial charge in [0.2, 0.25) is 0 Å². The van der Waals surface area contributed by atoms with E-state index in [4.69, 9.17) is 16.3 Å². The number of allylic oxidation sites excluding steroid dienone is 1. The number of ether oxygens (including phenoxy) is 1. The molecule has 1 nitrogen and oxygen atoms in total. The van der Waals surface area contributed by atoms with Crippen LogP contribution in [0.15, 0.2) is 60.1 Å². The topological polar surface area (TPSA) is 9.23 Å². The molecule has 2 aromatic rings. The molecular weight excluding hydrogens is 328 g/mol. The number of benzene rings is 2. The molecule has 0 bridgehead atoms. The van der Waals surface area contributed by atoms with Gasteiger partial charge in [-0.05, 0) is 72.8 Å². The van der Waals surface area contributed by atoms with E-state index in [0.29, 0.717) is 11.8 Å². The van der Waals surface area contributed by atoms with Gasteiger partial charge in [0, 0.05) is 5.54 Å². The molecule has 1 saturated carbocycles. The van der Waals surface area contributed by atoms with E-state index >= 15 is 0 Å². The van der Waals surface area contributed by atoms with E-state index in [1.807, 2.05) is 0 Å². The first-order valence-electron chi connectivity index (χ1n) is 9.40. The van der Waals surface area contributed by atoms with Crippen LogP contribution in [0.3, 0.4) is 0 Å². The predicted octanol–water partition coefficient (Wildman–Crippen LogP) is 7.17. The summed E-state index contributed by atoms with van der Waals surface area (Å²) in [5, 5.41) is 0. The fourth-order valence-corrected chi connectivity index (χ4v) is 3.86. The Kier molecular flexibility index (Phi) is 6.58. The first-order chi connectivity index (χ1) is 12.3. The van der Waals surface area contributed by atoms with E-state index in [9.17, 15) is 0 Å². The molecule has 0 N–H and O–H groups in total. The highest BCUT2D eigenvalue weighted by Gasteiger charge is 2.20. The Morgan fingerprint density at radius 2 is 1.52 bits per heavy atom. The number of hydrogen-bond donors (Lipinski definition) is 0. The lowest BCUT2D eigenvalue weighted by Crippen LogP contribution is -2.11. The normalized spacial score (nSPS) is 20.7. The zero-order chi connectivity index (χ0) is 17.5. The summed E-state index contributed by atoms with van der Waals surface area (Å²) in [5.74, 6) is 2.31. The summed E-state index contributed by atoms with van der Waals surface area (Å²) in [4.78, 5) is 0. The summed E-state index contributed by atoms with van der Waals surface area (Å²) in [7, 11) is 0. The first-order valence-corrected chi connectivity index (χ1v) is 9.84. The molecule has 25 heavy (non-hydrogen) atoms. The quantitative estimate of drug-likeness (QED) is 0.534. The Morgan fingerprint density at radius 3 is 2.08 bits per heavy atom. The predicted molar refractivity (Wildman–Crippen MR) is 107 cm³/mol. The lowest BCUT2D eigenvalue weighted by Gasteiger charge is -2.27. The molecule has 0 amide bonds. The SMILES string of the molecule is CCCOc1ccc(-c2ccc([C@H]3CC[C@H](/C=C/Cl)CC3)cc2)cc1. The smallest absolute Gasteiger partial charge is 0.119 e. The van der Waals surface area contributed by atoms with Crippen molar-refractivity contribution in [3.63, 3.8) is 0 Å². The number of halogens is 1. The van der Waals surface area contributed by atoms with Crippen molar-refractivity contribution >= 4 is 11.6 Å². The van der Waals surface area contributed by atoms with Crippen molar-refractivity contribution in [3.8, 4) is 16.9 Å². The van der Waals surface area contributed by atoms with Crippen LogP contribution >= 0.6 is 11.6 Å². The monoisotopic (exact) mass is 354 g/mol. The molecule has 2 heteroatoms. The highest BCUT2D eigenvalue weighted by Crippen LogP contribution is 2.37. The van der Waals surface area contributed by atoms with Gasteiger partial charge in [-0.1, -0.05) is 61.0 Å². The van der Waals surface area contributed by atoms with Crippen molar-refractivity contribution in [3.05, 3.63) is 65.7 Å². The molecule has 0 unspecified atom stereocenters. The van der Waals surface area contributed by atoms with Crippen LogP contribution in [-0.4, -0.2) is 6.61 Å². The second-order valence-electron chi connectivity index (χ2n) is 6.92. The fourth-order valence-electron chi connectivity index (χ4n) is 3.66. The minimum absolute atomic E-state index is 0.668. The van der Waals surface area contributed by atoms with Crippen LogP contribution in [0.4, 0.5) is 0 Å². The van der Waals surface area contributed by atoms with E-state index in [2.05, 4.69) is 61.5 Å². The first kappa shape index (κ1) is 18.1. The largest absolute Gasteiger partial charge is 0.494 e. The van der Waals surface area contributed by atoms with Crippen LogP contribution in [-0.2, 0) is 0 Å². The van der Waals surface area contributed by atoms with Gasteiger partial charge >= 0.3 is 0 Å². The van der Waals surface area contributed by atoms with Crippen LogP contribution in [0.25, 0.3) is 11.1 Å². The average Bonchev–Trinajstić information content (AvgIpc) is 2.68. The summed E-state index contributed by atoms with van der Waals surface area (Å²) < 4.78 is 5.66. The molecule has 0 aliphatic heterocycles. The van der Waals surface area contributed by atoms with Gasteiger partial charge < -0.3 is 4.74 Å². The third kappa shape index (κ3) is 4.89. The van der Waals surface area contributed by atoms with Gasteiger partial charge in [0.15, 0.2) is 0 Å². The molecule has 2 aromatic carbocycles. The van der Waals surface area contributed by atoms with E-state index in [-0.39, 0.29) is 0 Å². The van der Waals surface area contributed by atoms with Gasteiger partial charge in [-0.15, -0.1) is 0 Å². The highest BCUT2D eigenvalue weighted by atomic mass is 35.5. The number of hydrogen-bond acceptors (Lipinski definition) is 1. The lowest BCUT2D eigenvalue weighted by molar-refractivity contribution is 0.317. The third-order valence-electron chi connectivity index (χ3n) is 5.16. The van der Waals surface area contributed by atoms with E-state index < -0.39 is 0 Å². The Balaban J connectivity index is 1.62. The van der Waals surface area contributed by atoms with Crippen LogP contribution in [0.1, 0.15) is 50.5 Å². The van der Waals surface area contributed by atoms with Crippen molar-refractivity contribution in [1.29, 1.82) is 0 Å². The van der Waals surface area contributed by atoms with Crippen LogP contribution in [0, 0.1) is 5.92 Å². The summed E-state index contributed by atoms with van der Waals surface area (Å²) >= 11 is 5.71. The van der Waals surface area contributed by atoms with Crippen molar-refractivity contribution < 1.29 is 4.74 Å². The molecule has 0 spiro atoms. The minimum Gasteiger partial charge on any atom is -0.494 e. The summed E-state index contributed by atoms with van der Waals surface area (Å²) in [6, 6.07) is 17.5. The number of rotatable bonds is 6. The zero-order valence-corrected chi connectivity index (χ0v) is 15.7. The molecule has 0 saturated heterocycles. The Bertz CT molecular complexity index is 664. The molecule has 0 heterocycles. The van der Waals surface area contributed by atoms with Crippen LogP contribution < -0.4 is 4.74 Å². The van der Waals surface area contributed by atoms with Crippen molar-refractivity contribution in [2.75, 3.05) is 6.61 Å². The maximum absolute atomic E-state index is 5.71. The summed E-state index contributed by atoms with van der Waals surface area (Å²) in [6.07, 6.45) is 8.19. The molecule has 0 aromatic heterocycles. The van der Waals surface area contributed by atoms with Gasteiger partial charge in [-0.25, -0.2) is 0 Å². The Morgan fingerprint density at radius 1 is 0.920 bits per heavy atom. The molecule has 1 aliphatic carbocycles. The molecule has 1 fully saturated rings. The van der Waals surface area contributed by atoms with Crippen LogP contribution in [0.2, 0.25) is 0 Å². The highest BCUT2D eigenvalue weighted by molar-refractivity contribution is 6.25. The van der Waals surface area contributed by atoms with Gasteiger partial charge in [0.05, 0.1) is 6.61 Å². The van der Waals surface area contributed by atoms with Crippen LogP contribution in [0.5, 0.6) is 5.75 Å². The second-order valence-corrected chi connectivity index (χ2v) is 7.18. The molecular formula is C23H27ClO. The molecule has 0 atom stereocenters. The van der Waals surface area contributed by atoms with Gasteiger partial charge in [-0.2, -0.15) is 0 Å². The summed E-state index contributed by atoms with van der Waals surface area (Å²) in [5.41, 5.74) is 5.66. The standard InChI is InChI=1S/C23H27ClO/c1-2-17-25-23-13-11-22(12-14-23)21-9-7-20(8-10-21)19-5-3-18(4-6-19)15-16-24/h7-16,18-19H,2-6,17H2,1H3/b16-15+/t18-,19-. The average molecular weight is 355 g/mol. The van der Waals surface area contributed by atoms with E-state index in [1.54, 1.807) is 5.54 Å². The molecule has 3 rings (SSSR count). The lowest BCUT2D eigenvalue weighted by atomic mass is 9.78. The van der Waals surface area contributed by atoms with Crippen molar-refractivity contribution in [1.82, 2.24) is 0 Å². The van der Waals surface area contributed by atoms with Crippen molar-refractivity contribution in [2.24, 2.45) is 5.92 Å². The van der Waals surface area contributed by atoms with Gasteiger partial charge in [-0.3, -0.25) is 0 Å². The Hall–Kier alpha value is -1.73. The van der Waals surface area contributed by atoms with E-state index in [1.165, 1.54) is 42.4 Å². The molecule has 132 valence electrons. The van der Waals surface area contributed by atoms with E-state index in [0.717, 1.165) is 18.8 Å². The second kappa shape index (κ2) is 9.10. The zero-order valence-electron chi connectivity index (χ0n) is 15.0. The fraction of sp³-hybridized carbons (Fsp3) is 0.391. The Labute approximate surface area is 156 Å². The maximum Gasteiger partial charge on any atom is 0.119 e. The van der Waals surface area contributed by atoms with Gasteiger partial charge in [0.25, 0.3) is 0 Å². The summed E-state index contributed by atoms with van der Waals surface area (Å²) in [6.45, 7) is 2.90. The van der Waals surface area contributed by atoms with Crippen molar-refractivity contribution in [2.45, 2.75) is 44.9 Å². The maximum atomic E-state index is 5.71. The molecule has 1 aliphatic rings. The minimum atomic E-state index is 0.668. The molecule has 0 radical (unpaired) electrons. The third-order valence-corrected chi connectivity index (χ3v) is 5.30. The van der Waals surface area contributed by atoms with Gasteiger partial charge in [0.1, 0.15) is 5.75 Å².